The predicted molar refractivity (Wildman–Crippen MR) is 338 cm³/mol. The molecule has 0 unspecified atom stereocenters. The molecule has 91 heavy (non-hydrogen) atoms. The molecule has 26 heteroatoms. The molecular formula is C65H95N9O17. The van der Waals surface area contributed by atoms with Crippen molar-refractivity contribution in [3.8, 4) is 17.2 Å². The van der Waals surface area contributed by atoms with Crippen LogP contribution in [0.15, 0.2) is 72.8 Å². The van der Waals surface area contributed by atoms with E-state index in [1.165, 1.54) is 6.92 Å². The van der Waals surface area contributed by atoms with Crippen molar-refractivity contribution in [1.29, 1.82) is 0 Å². The number of carbonyl (C=O) groups excluding carboxylic acids is 11. The third kappa shape index (κ3) is 38.0. The molecule has 0 bridgehead atoms. The summed E-state index contributed by atoms with van der Waals surface area (Å²) in [6.45, 7) is 3.46. The smallest absolute Gasteiger partial charge is 0.248 e. The lowest BCUT2D eigenvalue weighted by atomic mass is 10.0. The van der Waals surface area contributed by atoms with Crippen molar-refractivity contribution in [1.82, 2.24) is 31.9 Å². The van der Waals surface area contributed by atoms with E-state index in [1.54, 1.807) is 72.8 Å². The first-order valence-electron chi connectivity index (χ1n) is 31.3. The number of unbranched alkanes of at least 4 members (excludes halogenated alkanes) is 4. The number of rotatable bonds is 54. The summed E-state index contributed by atoms with van der Waals surface area (Å²) in [7, 11) is 0. The molecule has 0 aliphatic rings. The first-order valence-corrected chi connectivity index (χ1v) is 31.3. The number of nitrogens with two attached hydrogens (primary N) is 3. The maximum atomic E-state index is 13.5. The Morgan fingerprint density at radius 2 is 0.626 bits per heavy atom. The first kappa shape index (κ1) is 76.8. The molecule has 3 aromatic rings. The SMILES string of the molecule is CC(=O)CCCC(=O)NC(COCCC(=O)NCCCCC(=O)CCCCOc1ccc(C(N)=O)cc1)(COCCC(=O)NCCCNC(=O)CCCCOc1ccc(C(N)=O)cc1)COCCC(=O)NCCCNC(=O)CCCCOc1ccc(C(N)=O)cc1. The van der Waals surface area contributed by atoms with E-state index in [9.17, 15) is 52.7 Å². The highest BCUT2D eigenvalue weighted by Gasteiger charge is 2.34. The van der Waals surface area contributed by atoms with Crippen LogP contribution in [0.25, 0.3) is 0 Å². The zero-order valence-corrected chi connectivity index (χ0v) is 52.6. The summed E-state index contributed by atoms with van der Waals surface area (Å²) in [5, 5.41) is 17.1. The second-order valence-electron chi connectivity index (χ2n) is 21.8. The molecule has 0 spiro atoms. The Kier molecular flexibility index (Phi) is 39.3. The lowest BCUT2D eigenvalue weighted by Crippen LogP contribution is -2.58. The van der Waals surface area contributed by atoms with Gasteiger partial charge in [-0.3, -0.25) is 47.9 Å². The topological polar surface area (TPSA) is 393 Å². The van der Waals surface area contributed by atoms with Crippen LogP contribution in [-0.2, 0) is 52.6 Å². The summed E-state index contributed by atoms with van der Waals surface area (Å²) in [5.74, 6) is -1.36. The van der Waals surface area contributed by atoms with Gasteiger partial charge in [-0.1, -0.05) is 0 Å². The summed E-state index contributed by atoms with van der Waals surface area (Å²) < 4.78 is 35.0. The number of ketones is 2. The van der Waals surface area contributed by atoms with E-state index in [0.29, 0.717) is 163 Å². The summed E-state index contributed by atoms with van der Waals surface area (Å²) in [6, 6.07) is 19.5. The van der Waals surface area contributed by atoms with Gasteiger partial charge in [0.15, 0.2) is 0 Å². The Hall–Kier alpha value is -8.49. The third-order valence-corrected chi connectivity index (χ3v) is 13.8. The van der Waals surface area contributed by atoms with E-state index < -0.39 is 29.2 Å². The van der Waals surface area contributed by atoms with Crippen molar-refractivity contribution in [3.05, 3.63) is 89.5 Å². The number of primary amides is 3. The average molecular weight is 1270 g/mol. The summed E-state index contributed by atoms with van der Waals surface area (Å²) in [5.41, 5.74) is 15.6. The first-order chi connectivity index (χ1) is 43.8. The molecular weight excluding hydrogens is 1180 g/mol. The maximum absolute atomic E-state index is 13.5. The highest BCUT2D eigenvalue weighted by molar-refractivity contribution is 5.94. The number of hydrogen-bond donors (Lipinski definition) is 9. The largest absolute Gasteiger partial charge is 0.494 e. The Labute approximate surface area is 532 Å². The van der Waals surface area contributed by atoms with Crippen LogP contribution in [0.3, 0.4) is 0 Å². The molecule has 0 aliphatic heterocycles. The van der Waals surface area contributed by atoms with Gasteiger partial charge < -0.3 is 82.3 Å². The highest BCUT2D eigenvalue weighted by Crippen LogP contribution is 2.17. The lowest BCUT2D eigenvalue weighted by Gasteiger charge is -2.34. The minimum absolute atomic E-state index is 0.00857. The zero-order chi connectivity index (χ0) is 66.3. The molecule has 502 valence electrons. The van der Waals surface area contributed by atoms with Crippen molar-refractivity contribution in [2.45, 2.75) is 141 Å². The second-order valence-corrected chi connectivity index (χ2v) is 21.8. The summed E-state index contributed by atoms with van der Waals surface area (Å²) in [4.78, 5) is 135. The van der Waals surface area contributed by atoms with Gasteiger partial charge in [0.1, 0.15) is 34.4 Å². The van der Waals surface area contributed by atoms with E-state index in [0.717, 1.165) is 0 Å². The maximum Gasteiger partial charge on any atom is 0.248 e. The normalized spacial score (nSPS) is 11.0. The van der Waals surface area contributed by atoms with Gasteiger partial charge >= 0.3 is 0 Å². The highest BCUT2D eigenvalue weighted by atomic mass is 16.5. The van der Waals surface area contributed by atoms with Crippen molar-refractivity contribution in [2.75, 3.05) is 92.2 Å². The van der Waals surface area contributed by atoms with Crippen LogP contribution in [0.1, 0.15) is 166 Å². The minimum atomic E-state index is -1.37. The Morgan fingerprint density at radius 1 is 0.330 bits per heavy atom. The van der Waals surface area contributed by atoms with Crippen LogP contribution in [0.4, 0.5) is 0 Å². The number of Topliss-reactive ketones (excluding diaryl/α,β-unsaturated/α-hetero) is 2. The van der Waals surface area contributed by atoms with E-state index in [-0.39, 0.29) is 132 Å². The zero-order valence-electron chi connectivity index (χ0n) is 52.6. The quantitative estimate of drug-likeness (QED) is 0.0361. The average Bonchev–Trinajstić information content (AvgIpc) is 3.18. The van der Waals surface area contributed by atoms with Crippen LogP contribution in [0, 0.1) is 0 Å². The minimum Gasteiger partial charge on any atom is -0.494 e. The van der Waals surface area contributed by atoms with Gasteiger partial charge in [0.05, 0.1) is 59.5 Å². The van der Waals surface area contributed by atoms with E-state index in [1.807, 2.05) is 0 Å². The van der Waals surface area contributed by atoms with Gasteiger partial charge in [-0.25, -0.2) is 0 Å². The van der Waals surface area contributed by atoms with Crippen molar-refractivity contribution >= 4 is 64.7 Å². The molecule has 26 nitrogen and oxygen atoms in total. The van der Waals surface area contributed by atoms with Gasteiger partial charge in [-0.2, -0.15) is 0 Å². The number of ether oxygens (including phenoxy) is 6. The molecule has 0 saturated heterocycles. The predicted octanol–water partition coefficient (Wildman–Crippen LogP) is 3.97. The Morgan fingerprint density at radius 3 is 0.956 bits per heavy atom. The molecule has 0 heterocycles. The van der Waals surface area contributed by atoms with Crippen molar-refractivity contribution in [3.63, 3.8) is 0 Å². The van der Waals surface area contributed by atoms with Gasteiger partial charge in [0.25, 0.3) is 0 Å². The van der Waals surface area contributed by atoms with E-state index in [4.69, 9.17) is 45.6 Å². The number of amides is 9. The number of benzene rings is 3. The number of hydrogen-bond acceptors (Lipinski definition) is 17. The van der Waals surface area contributed by atoms with Gasteiger partial charge in [-0.15, -0.1) is 0 Å². The van der Waals surface area contributed by atoms with Crippen LogP contribution in [0.5, 0.6) is 17.2 Å². The van der Waals surface area contributed by atoms with Gasteiger partial charge in [0, 0.05) is 107 Å². The van der Waals surface area contributed by atoms with Crippen LogP contribution in [-0.4, -0.2) is 162 Å². The molecule has 0 fully saturated rings. The molecule has 0 aliphatic carbocycles. The summed E-state index contributed by atoms with van der Waals surface area (Å²) >= 11 is 0. The molecule has 0 aromatic heterocycles. The molecule has 12 N–H and O–H groups in total. The molecule has 3 rings (SSSR count). The molecule has 3 aromatic carbocycles. The van der Waals surface area contributed by atoms with Crippen LogP contribution < -0.4 is 63.3 Å². The third-order valence-electron chi connectivity index (χ3n) is 13.8. The van der Waals surface area contributed by atoms with E-state index >= 15 is 0 Å². The monoisotopic (exact) mass is 1270 g/mol. The fraction of sp³-hybridized carbons (Fsp3) is 0.554. The van der Waals surface area contributed by atoms with Crippen molar-refractivity contribution in [2.24, 2.45) is 17.2 Å². The number of carbonyl (C=O) groups is 11. The Balaban J connectivity index is 1.44. The van der Waals surface area contributed by atoms with Crippen LogP contribution >= 0.6 is 0 Å². The fourth-order valence-corrected chi connectivity index (χ4v) is 8.63. The summed E-state index contributed by atoms with van der Waals surface area (Å²) in [6.07, 6.45) is 7.64. The second kappa shape index (κ2) is 46.6. The molecule has 9 amide bonds. The number of nitrogens with one attached hydrogen (secondary N) is 6. The van der Waals surface area contributed by atoms with E-state index in [2.05, 4.69) is 31.9 Å². The molecule has 0 saturated carbocycles. The van der Waals surface area contributed by atoms with Gasteiger partial charge in [0.2, 0.25) is 53.2 Å². The van der Waals surface area contributed by atoms with Crippen molar-refractivity contribution < 1.29 is 81.2 Å². The van der Waals surface area contributed by atoms with Crippen LogP contribution in [0.2, 0.25) is 0 Å². The van der Waals surface area contributed by atoms with Gasteiger partial charge in [-0.05, 0) is 150 Å². The molecule has 0 radical (unpaired) electrons. The molecule has 0 atom stereocenters. The Bertz CT molecular complexity index is 2450. The standard InChI is InChI=1S/C65H95N9O17/c1-48(75)13-10-18-61(82)74-65(45-86-42-31-58(79)69-34-6-2-14-52(76)15-3-7-39-89-53-25-19-49(20-26-53)62(66)83,46-87-43-32-59(80)72-37-11-35-70-56(77)16-4-8-40-90-54-27-21-50(22-28-54)63(67)84)47-88-44-33-60(81)73-38-12-36-71-57(78)17-5-9-41-91-55-29-23-51(24-30-55)64(68)85/h19-30H,2-18,31-47H2,1H3,(H2,66,83)(H2,67,84)(H2,68,85)(H,69,79)(H,70,77)(H,71,78)(H,72,80)(H,73,81)(H,74,82). The fourth-order valence-electron chi connectivity index (χ4n) is 8.63. The lowest BCUT2D eigenvalue weighted by molar-refractivity contribution is -0.131.